The van der Waals surface area contributed by atoms with Crippen molar-refractivity contribution >= 4 is 29.4 Å². The Balaban J connectivity index is 1.43. The molecule has 0 saturated heterocycles. The van der Waals surface area contributed by atoms with E-state index in [1.54, 1.807) is 86.0 Å². The van der Waals surface area contributed by atoms with Crippen molar-refractivity contribution in [1.82, 2.24) is 4.90 Å². The molecule has 0 bridgehead atoms. The molecule has 4 rings (SSSR count). The highest BCUT2D eigenvalue weighted by Gasteiger charge is 2.35. The zero-order chi connectivity index (χ0) is 24.1. The Morgan fingerprint density at radius 1 is 0.853 bits per heavy atom. The molecule has 0 fully saturated rings. The zero-order valence-corrected chi connectivity index (χ0v) is 18.4. The summed E-state index contributed by atoms with van der Waals surface area (Å²) < 4.78 is 10.6. The Labute approximate surface area is 196 Å². The molecule has 1 N–H and O–H groups in total. The van der Waals surface area contributed by atoms with Gasteiger partial charge in [-0.15, -0.1) is 0 Å². The van der Waals surface area contributed by atoms with Gasteiger partial charge in [-0.3, -0.25) is 24.1 Å². The van der Waals surface area contributed by atoms with Crippen LogP contribution in [0.25, 0.3) is 0 Å². The van der Waals surface area contributed by atoms with Crippen LogP contribution in [0.15, 0.2) is 78.9 Å². The first-order valence-corrected chi connectivity index (χ1v) is 10.6. The van der Waals surface area contributed by atoms with Crippen LogP contribution in [-0.2, 0) is 14.3 Å². The molecular weight excluding hydrogens is 436 g/mol. The SMILES string of the molecule is COc1ccc(NC(=O)[C@@H](OC(=O)CCN2C(=O)c3ccccc3C2=O)c2ccccc2)cc1. The van der Waals surface area contributed by atoms with Gasteiger partial charge in [-0.2, -0.15) is 0 Å². The van der Waals surface area contributed by atoms with Crippen molar-refractivity contribution in [3.8, 4) is 5.75 Å². The third-order valence-corrected chi connectivity index (χ3v) is 5.37. The number of imide groups is 1. The number of ether oxygens (including phenoxy) is 2. The van der Waals surface area contributed by atoms with Gasteiger partial charge in [-0.1, -0.05) is 42.5 Å². The van der Waals surface area contributed by atoms with E-state index in [9.17, 15) is 19.2 Å². The molecule has 0 unspecified atom stereocenters. The number of nitrogens with one attached hydrogen (secondary N) is 1. The van der Waals surface area contributed by atoms with E-state index < -0.39 is 29.8 Å². The predicted octanol–water partition coefficient (Wildman–Crippen LogP) is 3.60. The van der Waals surface area contributed by atoms with Crippen molar-refractivity contribution in [3.05, 3.63) is 95.6 Å². The summed E-state index contributed by atoms with van der Waals surface area (Å²) >= 11 is 0. The highest BCUT2D eigenvalue weighted by molar-refractivity contribution is 6.21. The molecule has 3 aromatic carbocycles. The number of anilines is 1. The van der Waals surface area contributed by atoms with Crippen molar-refractivity contribution < 1.29 is 28.7 Å². The van der Waals surface area contributed by atoms with Crippen LogP contribution < -0.4 is 10.1 Å². The Kier molecular flexibility index (Phi) is 6.68. The van der Waals surface area contributed by atoms with Gasteiger partial charge < -0.3 is 14.8 Å². The van der Waals surface area contributed by atoms with Crippen molar-refractivity contribution in [2.75, 3.05) is 19.0 Å². The topological polar surface area (TPSA) is 102 Å². The molecule has 34 heavy (non-hydrogen) atoms. The molecule has 0 aliphatic carbocycles. The number of esters is 1. The Morgan fingerprint density at radius 3 is 2.03 bits per heavy atom. The molecule has 1 aliphatic heterocycles. The van der Waals surface area contributed by atoms with Crippen LogP contribution in [0.3, 0.4) is 0 Å². The second-order valence-electron chi connectivity index (χ2n) is 7.56. The third-order valence-electron chi connectivity index (χ3n) is 5.37. The van der Waals surface area contributed by atoms with Gasteiger partial charge in [0.15, 0.2) is 0 Å². The summed E-state index contributed by atoms with van der Waals surface area (Å²) in [5.74, 6) is -1.52. The lowest BCUT2D eigenvalue weighted by atomic mass is 10.1. The lowest BCUT2D eigenvalue weighted by Gasteiger charge is -2.19. The van der Waals surface area contributed by atoms with Crippen LogP contribution in [0, 0.1) is 0 Å². The fourth-order valence-electron chi connectivity index (χ4n) is 3.62. The van der Waals surface area contributed by atoms with E-state index in [-0.39, 0.29) is 13.0 Å². The molecule has 0 spiro atoms. The minimum absolute atomic E-state index is 0.146. The summed E-state index contributed by atoms with van der Waals surface area (Å²) in [5.41, 5.74) is 1.61. The number of hydrogen-bond donors (Lipinski definition) is 1. The Bertz CT molecular complexity index is 1190. The van der Waals surface area contributed by atoms with Gasteiger partial charge in [0.2, 0.25) is 6.10 Å². The molecule has 1 heterocycles. The molecule has 3 amide bonds. The molecule has 172 valence electrons. The average molecular weight is 458 g/mol. The highest BCUT2D eigenvalue weighted by Crippen LogP contribution is 2.24. The monoisotopic (exact) mass is 458 g/mol. The molecule has 3 aromatic rings. The van der Waals surface area contributed by atoms with Crippen LogP contribution >= 0.6 is 0 Å². The number of benzene rings is 3. The van der Waals surface area contributed by atoms with Crippen molar-refractivity contribution in [1.29, 1.82) is 0 Å². The summed E-state index contributed by atoms with van der Waals surface area (Å²) in [6, 6.07) is 21.8. The van der Waals surface area contributed by atoms with Gasteiger partial charge in [0.25, 0.3) is 17.7 Å². The first-order chi connectivity index (χ1) is 16.5. The van der Waals surface area contributed by atoms with E-state index >= 15 is 0 Å². The van der Waals surface area contributed by atoms with E-state index in [0.29, 0.717) is 28.1 Å². The molecule has 0 aromatic heterocycles. The van der Waals surface area contributed by atoms with Gasteiger partial charge >= 0.3 is 5.97 Å². The van der Waals surface area contributed by atoms with Gasteiger partial charge in [-0.05, 0) is 36.4 Å². The number of carbonyl (C=O) groups is 4. The molecule has 0 radical (unpaired) electrons. The summed E-state index contributed by atoms with van der Waals surface area (Å²) in [6.07, 6.45) is -1.46. The number of rotatable bonds is 8. The largest absolute Gasteiger partial charge is 0.497 e. The van der Waals surface area contributed by atoms with E-state index in [2.05, 4.69) is 5.32 Å². The molecule has 8 nitrogen and oxygen atoms in total. The first kappa shape index (κ1) is 22.7. The predicted molar refractivity (Wildman–Crippen MR) is 123 cm³/mol. The Hall–Kier alpha value is -4.46. The highest BCUT2D eigenvalue weighted by atomic mass is 16.5. The number of methoxy groups -OCH3 is 1. The van der Waals surface area contributed by atoms with Gasteiger partial charge in [0.1, 0.15) is 5.75 Å². The van der Waals surface area contributed by atoms with Gasteiger partial charge in [-0.25, -0.2) is 0 Å². The van der Waals surface area contributed by atoms with Crippen LogP contribution in [-0.4, -0.2) is 42.2 Å². The number of fused-ring (bicyclic) bond motifs is 1. The maximum absolute atomic E-state index is 13.0. The van der Waals surface area contributed by atoms with Crippen molar-refractivity contribution in [2.45, 2.75) is 12.5 Å². The van der Waals surface area contributed by atoms with Crippen molar-refractivity contribution in [3.63, 3.8) is 0 Å². The minimum atomic E-state index is -1.21. The lowest BCUT2D eigenvalue weighted by molar-refractivity contribution is -0.154. The van der Waals surface area contributed by atoms with Gasteiger partial charge in [0, 0.05) is 17.8 Å². The molecule has 8 heteroatoms. The molecule has 1 aliphatic rings. The quantitative estimate of drug-likeness (QED) is 0.409. The summed E-state index contributed by atoms with van der Waals surface area (Å²) in [5, 5.41) is 2.73. The number of hydrogen-bond acceptors (Lipinski definition) is 6. The average Bonchev–Trinajstić information content (AvgIpc) is 3.11. The van der Waals surface area contributed by atoms with E-state index in [0.717, 1.165) is 4.90 Å². The smallest absolute Gasteiger partial charge is 0.308 e. The number of nitrogens with zero attached hydrogens (tertiary/aromatic N) is 1. The van der Waals surface area contributed by atoms with Gasteiger partial charge in [0.05, 0.1) is 24.7 Å². The van der Waals surface area contributed by atoms with Crippen LogP contribution in [0.2, 0.25) is 0 Å². The molecular formula is C26H22N2O6. The first-order valence-electron chi connectivity index (χ1n) is 10.6. The molecule has 1 atom stereocenters. The number of carbonyl (C=O) groups excluding carboxylic acids is 4. The summed E-state index contributed by atoms with van der Waals surface area (Å²) in [7, 11) is 1.54. The maximum atomic E-state index is 13.0. The zero-order valence-electron chi connectivity index (χ0n) is 18.4. The van der Waals surface area contributed by atoms with Crippen LogP contribution in [0.4, 0.5) is 5.69 Å². The second kappa shape index (κ2) is 9.99. The van der Waals surface area contributed by atoms with Crippen molar-refractivity contribution in [2.24, 2.45) is 0 Å². The molecule has 0 saturated carbocycles. The minimum Gasteiger partial charge on any atom is -0.497 e. The lowest BCUT2D eigenvalue weighted by Crippen LogP contribution is -2.33. The third kappa shape index (κ3) is 4.80. The standard InChI is InChI=1S/C26H22N2O6/c1-33-19-13-11-18(12-14-19)27-24(30)23(17-7-3-2-4-8-17)34-22(29)15-16-28-25(31)20-9-5-6-10-21(20)26(28)32/h2-14,23H,15-16H2,1H3,(H,27,30)/t23-/m0/s1. The second-order valence-corrected chi connectivity index (χ2v) is 7.56. The summed E-state index contributed by atoms with van der Waals surface area (Å²) in [4.78, 5) is 51.6. The normalized spacial score (nSPS) is 13.3. The number of amides is 3. The van der Waals surface area contributed by atoms with Crippen LogP contribution in [0.5, 0.6) is 5.75 Å². The maximum Gasteiger partial charge on any atom is 0.308 e. The fraction of sp³-hybridized carbons (Fsp3) is 0.154. The fourth-order valence-corrected chi connectivity index (χ4v) is 3.62. The van der Waals surface area contributed by atoms with E-state index in [1.165, 1.54) is 0 Å². The van der Waals surface area contributed by atoms with E-state index in [4.69, 9.17) is 9.47 Å². The van der Waals surface area contributed by atoms with E-state index in [1.807, 2.05) is 0 Å². The summed E-state index contributed by atoms with van der Waals surface area (Å²) in [6.45, 7) is -0.146. The van der Waals surface area contributed by atoms with Crippen LogP contribution in [0.1, 0.15) is 38.8 Å². The Morgan fingerprint density at radius 2 is 1.44 bits per heavy atom.